The number of amides is 1. The van der Waals surface area contributed by atoms with Gasteiger partial charge in [0.05, 0.1) is 5.75 Å². The van der Waals surface area contributed by atoms with Crippen LogP contribution in [0.3, 0.4) is 0 Å². The van der Waals surface area contributed by atoms with E-state index in [2.05, 4.69) is 11.9 Å². The van der Waals surface area contributed by atoms with Crippen molar-refractivity contribution in [2.75, 3.05) is 12.3 Å². The summed E-state index contributed by atoms with van der Waals surface area (Å²) in [5.74, 6) is -0.313. The van der Waals surface area contributed by atoms with E-state index >= 15 is 0 Å². The normalized spacial score (nSPS) is 10.8. The van der Waals surface area contributed by atoms with Gasteiger partial charge >= 0.3 is 0 Å². The smallest absolute Gasteiger partial charge is 0.243 e. The highest BCUT2D eigenvalue weighted by Gasteiger charge is 2.03. The third-order valence-corrected chi connectivity index (χ3v) is 2.54. The Morgan fingerprint density at radius 2 is 2.08 bits per heavy atom. The molecule has 1 N–H and O–H groups in total. The Balaban J connectivity index is 3.38. The highest BCUT2D eigenvalue weighted by molar-refractivity contribution is 8.13. The Kier molecular flexibility index (Phi) is 5.73. The van der Waals surface area contributed by atoms with E-state index < -0.39 is 9.05 Å². The fourth-order valence-corrected chi connectivity index (χ4v) is 1.56. The second-order valence-corrected chi connectivity index (χ2v) is 5.34. The van der Waals surface area contributed by atoms with E-state index in [-0.39, 0.29) is 11.7 Å². The summed E-state index contributed by atoms with van der Waals surface area (Å²) >= 11 is 0. The first kappa shape index (κ1) is 12.4. The van der Waals surface area contributed by atoms with Gasteiger partial charge in [-0.3, -0.25) is 4.79 Å². The van der Waals surface area contributed by atoms with Crippen molar-refractivity contribution in [3.05, 3.63) is 12.7 Å². The number of nitrogens with one attached hydrogen (secondary N) is 1. The van der Waals surface area contributed by atoms with Crippen molar-refractivity contribution in [2.24, 2.45) is 0 Å². The largest absolute Gasteiger partial charge is 0.353 e. The molecule has 0 rings (SSSR count). The summed E-state index contributed by atoms with van der Waals surface area (Å²) in [5.41, 5.74) is 0. The maximum atomic E-state index is 10.6. The Hall–Kier alpha value is -0.550. The fourth-order valence-electron chi connectivity index (χ4n) is 0.683. The van der Waals surface area contributed by atoms with E-state index in [9.17, 15) is 13.2 Å². The molecule has 0 aromatic carbocycles. The lowest BCUT2D eigenvalue weighted by atomic mass is 10.3. The molecule has 0 spiro atoms. The van der Waals surface area contributed by atoms with Crippen LogP contribution in [0, 0.1) is 0 Å². The molecule has 0 atom stereocenters. The van der Waals surface area contributed by atoms with Crippen molar-refractivity contribution in [1.82, 2.24) is 5.32 Å². The van der Waals surface area contributed by atoms with Gasteiger partial charge < -0.3 is 5.32 Å². The van der Waals surface area contributed by atoms with Gasteiger partial charge in [-0.25, -0.2) is 8.42 Å². The first-order chi connectivity index (χ1) is 5.95. The van der Waals surface area contributed by atoms with Crippen molar-refractivity contribution in [3.63, 3.8) is 0 Å². The predicted octanol–water partition coefficient (Wildman–Crippen LogP) is 0.637. The molecule has 0 aromatic heterocycles. The standard InChI is InChI=1S/C7H12ClNO3S/c1-2-7(10)9-5-3-4-6-13(8,11)12/h2H,1,3-6H2,(H,9,10). The van der Waals surface area contributed by atoms with Crippen molar-refractivity contribution in [2.45, 2.75) is 12.8 Å². The van der Waals surface area contributed by atoms with Crippen LogP contribution in [0.1, 0.15) is 12.8 Å². The maximum absolute atomic E-state index is 10.6. The van der Waals surface area contributed by atoms with E-state index in [4.69, 9.17) is 10.7 Å². The predicted molar refractivity (Wildman–Crippen MR) is 52.1 cm³/mol. The first-order valence-electron chi connectivity index (χ1n) is 3.78. The highest BCUT2D eigenvalue weighted by atomic mass is 35.7. The molecular weight excluding hydrogens is 214 g/mol. The number of hydrogen-bond donors (Lipinski definition) is 1. The molecule has 0 saturated carbocycles. The third-order valence-electron chi connectivity index (χ3n) is 1.30. The number of halogens is 1. The zero-order chi connectivity index (χ0) is 10.3. The number of carbonyl (C=O) groups is 1. The molecule has 0 aliphatic carbocycles. The second kappa shape index (κ2) is 5.99. The fraction of sp³-hybridized carbons (Fsp3) is 0.571. The molecule has 0 unspecified atom stereocenters. The molecule has 13 heavy (non-hydrogen) atoms. The molecule has 4 nitrogen and oxygen atoms in total. The van der Waals surface area contributed by atoms with Crippen LogP contribution in [-0.2, 0) is 13.8 Å². The number of unbranched alkanes of at least 4 members (excludes halogenated alkanes) is 1. The van der Waals surface area contributed by atoms with Crippen LogP contribution < -0.4 is 5.32 Å². The molecule has 6 heteroatoms. The maximum Gasteiger partial charge on any atom is 0.243 e. The summed E-state index contributed by atoms with van der Waals surface area (Å²) in [6.07, 6.45) is 2.20. The van der Waals surface area contributed by atoms with Gasteiger partial charge in [-0.2, -0.15) is 0 Å². The molecular formula is C7H12ClNO3S. The molecule has 1 amide bonds. The summed E-state index contributed by atoms with van der Waals surface area (Å²) in [7, 11) is 1.58. The average Bonchev–Trinajstić information content (AvgIpc) is 2.01. The molecule has 0 heterocycles. The Morgan fingerprint density at radius 1 is 1.46 bits per heavy atom. The monoisotopic (exact) mass is 225 g/mol. The minimum atomic E-state index is -3.39. The van der Waals surface area contributed by atoms with Crippen molar-refractivity contribution in [3.8, 4) is 0 Å². The topological polar surface area (TPSA) is 63.2 Å². The van der Waals surface area contributed by atoms with Gasteiger partial charge in [-0.15, -0.1) is 0 Å². The van der Waals surface area contributed by atoms with E-state index in [1.54, 1.807) is 0 Å². The second-order valence-electron chi connectivity index (χ2n) is 2.45. The number of hydrogen-bond acceptors (Lipinski definition) is 3. The van der Waals surface area contributed by atoms with Crippen LogP contribution in [-0.4, -0.2) is 26.6 Å². The summed E-state index contributed by atoms with van der Waals surface area (Å²) in [4.78, 5) is 10.6. The molecule has 0 saturated heterocycles. The van der Waals surface area contributed by atoms with Crippen molar-refractivity contribution in [1.29, 1.82) is 0 Å². The Labute approximate surface area is 82.4 Å². The van der Waals surface area contributed by atoms with Gasteiger partial charge in [0.2, 0.25) is 15.0 Å². The molecule has 0 radical (unpaired) electrons. The van der Waals surface area contributed by atoms with Gasteiger partial charge in [-0.1, -0.05) is 6.58 Å². The summed E-state index contributed by atoms with van der Waals surface area (Å²) in [6.45, 7) is 3.71. The van der Waals surface area contributed by atoms with Crippen molar-refractivity contribution >= 4 is 25.6 Å². The van der Waals surface area contributed by atoms with E-state index in [0.717, 1.165) is 6.08 Å². The van der Waals surface area contributed by atoms with Crippen LogP contribution in [0.5, 0.6) is 0 Å². The first-order valence-corrected chi connectivity index (χ1v) is 6.26. The Morgan fingerprint density at radius 3 is 2.54 bits per heavy atom. The summed E-state index contributed by atoms with van der Waals surface area (Å²) in [5, 5.41) is 2.52. The van der Waals surface area contributed by atoms with Gasteiger partial charge in [-0.05, 0) is 18.9 Å². The van der Waals surface area contributed by atoms with Crippen LogP contribution in [0.4, 0.5) is 0 Å². The SMILES string of the molecule is C=CC(=O)NCCCCS(=O)(=O)Cl. The molecule has 0 bridgehead atoms. The van der Waals surface area contributed by atoms with Crippen LogP contribution >= 0.6 is 10.7 Å². The third kappa shape index (κ3) is 9.36. The highest BCUT2D eigenvalue weighted by Crippen LogP contribution is 2.00. The number of carbonyl (C=O) groups excluding carboxylic acids is 1. The van der Waals surface area contributed by atoms with E-state index in [1.807, 2.05) is 0 Å². The van der Waals surface area contributed by atoms with Gasteiger partial charge in [0.25, 0.3) is 0 Å². The summed E-state index contributed by atoms with van der Waals surface area (Å²) in [6, 6.07) is 0. The number of rotatable bonds is 6. The average molecular weight is 226 g/mol. The minimum Gasteiger partial charge on any atom is -0.353 e. The molecule has 76 valence electrons. The minimum absolute atomic E-state index is 0.0570. The van der Waals surface area contributed by atoms with E-state index in [0.29, 0.717) is 19.4 Å². The molecule has 0 aliphatic heterocycles. The Bertz CT molecular complexity index is 273. The zero-order valence-electron chi connectivity index (χ0n) is 7.12. The van der Waals surface area contributed by atoms with Crippen LogP contribution in [0.25, 0.3) is 0 Å². The quantitative estimate of drug-likeness (QED) is 0.410. The van der Waals surface area contributed by atoms with Gasteiger partial charge in [0.1, 0.15) is 0 Å². The van der Waals surface area contributed by atoms with Crippen LogP contribution in [0.15, 0.2) is 12.7 Å². The van der Waals surface area contributed by atoms with Crippen molar-refractivity contribution < 1.29 is 13.2 Å². The molecule has 0 aliphatic rings. The lowest BCUT2D eigenvalue weighted by molar-refractivity contribution is -0.116. The van der Waals surface area contributed by atoms with Gasteiger partial charge in [0.15, 0.2) is 0 Å². The zero-order valence-corrected chi connectivity index (χ0v) is 8.70. The lowest BCUT2D eigenvalue weighted by Gasteiger charge is -2.00. The lowest BCUT2D eigenvalue weighted by Crippen LogP contribution is -2.22. The van der Waals surface area contributed by atoms with Crippen LogP contribution in [0.2, 0.25) is 0 Å². The molecule has 0 fully saturated rings. The molecule has 0 aromatic rings. The van der Waals surface area contributed by atoms with Gasteiger partial charge in [0, 0.05) is 17.2 Å². The summed E-state index contributed by atoms with van der Waals surface area (Å²) < 4.78 is 20.9. The van der Waals surface area contributed by atoms with E-state index in [1.165, 1.54) is 0 Å².